The van der Waals surface area contributed by atoms with E-state index in [0.717, 1.165) is 10.5 Å². The molecular formula is C21H26N8O3S. The number of nitrogens with one attached hydrogen (secondary N) is 3. The van der Waals surface area contributed by atoms with Crippen molar-refractivity contribution in [1.29, 1.82) is 0 Å². The van der Waals surface area contributed by atoms with E-state index in [2.05, 4.69) is 42.9 Å². The SMILES string of the molecule is CC[C@H](C)Nc1cc(Nc2ccnc(-c3cnn(S(=O)(=O)C4CC4)c3)n2)ncc1C(=O)NC. The Morgan fingerprint density at radius 1 is 1.24 bits per heavy atom. The van der Waals surface area contributed by atoms with Crippen molar-refractivity contribution >= 4 is 33.3 Å². The van der Waals surface area contributed by atoms with Gasteiger partial charge in [-0.2, -0.15) is 9.19 Å². The summed E-state index contributed by atoms with van der Waals surface area (Å²) in [7, 11) is -1.89. The monoisotopic (exact) mass is 470 g/mol. The van der Waals surface area contributed by atoms with Gasteiger partial charge in [-0.3, -0.25) is 4.79 Å². The summed E-state index contributed by atoms with van der Waals surface area (Å²) in [5, 5.41) is 12.7. The van der Waals surface area contributed by atoms with Crippen LogP contribution in [0.3, 0.4) is 0 Å². The topological polar surface area (TPSA) is 144 Å². The van der Waals surface area contributed by atoms with Crippen molar-refractivity contribution in [2.45, 2.75) is 44.4 Å². The summed E-state index contributed by atoms with van der Waals surface area (Å²) < 4.78 is 25.8. The number of rotatable bonds is 9. The van der Waals surface area contributed by atoms with Crippen LogP contribution in [0.4, 0.5) is 17.3 Å². The summed E-state index contributed by atoms with van der Waals surface area (Å²) in [6.45, 7) is 4.08. The molecule has 0 radical (unpaired) electrons. The van der Waals surface area contributed by atoms with E-state index >= 15 is 0 Å². The molecule has 1 saturated carbocycles. The van der Waals surface area contributed by atoms with E-state index < -0.39 is 10.0 Å². The lowest BCUT2D eigenvalue weighted by molar-refractivity contribution is 0.0963. The number of carbonyl (C=O) groups excluding carboxylic acids is 1. The van der Waals surface area contributed by atoms with Crippen molar-refractivity contribution in [2.75, 3.05) is 17.7 Å². The Kier molecular flexibility index (Phi) is 6.27. The van der Waals surface area contributed by atoms with Crippen LogP contribution in [0.1, 0.15) is 43.5 Å². The lowest BCUT2D eigenvalue weighted by Crippen LogP contribution is -2.22. The molecule has 0 aliphatic heterocycles. The van der Waals surface area contributed by atoms with Gasteiger partial charge in [0.25, 0.3) is 15.9 Å². The molecule has 1 aliphatic carbocycles. The smallest absolute Gasteiger partial charge is 0.256 e. The summed E-state index contributed by atoms with van der Waals surface area (Å²) in [5.41, 5.74) is 1.59. The summed E-state index contributed by atoms with van der Waals surface area (Å²) in [6.07, 6.45) is 8.13. The highest BCUT2D eigenvalue weighted by atomic mass is 32.2. The summed E-state index contributed by atoms with van der Waals surface area (Å²) in [6, 6.07) is 3.58. The summed E-state index contributed by atoms with van der Waals surface area (Å²) in [5.74, 6) is 1.05. The Morgan fingerprint density at radius 2 is 2.03 bits per heavy atom. The molecule has 11 nitrogen and oxygen atoms in total. The summed E-state index contributed by atoms with van der Waals surface area (Å²) in [4.78, 5) is 25.2. The maximum atomic E-state index is 12.4. The third-order valence-corrected chi connectivity index (χ3v) is 7.36. The quantitative estimate of drug-likeness (QED) is 0.429. The number of hydrogen-bond acceptors (Lipinski definition) is 9. The largest absolute Gasteiger partial charge is 0.382 e. The predicted molar refractivity (Wildman–Crippen MR) is 125 cm³/mol. The molecule has 3 aromatic rings. The molecule has 1 fully saturated rings. The minimum atomic E-state index is -3.46. The van der Waals surface area contributed by atoms with Crippen molar-refractivity contribution < 1.29 is 13.2 Å². The zero-order valence-electron chi connectivity index (χ0n) is 18.6. The molecule has 174 valence electrons. The molecule has 3 heterocycles. The molecule has 0 spiro atoms. The van der Waals surface area contributed by atoms with Gasteiger partial charge in [-0.25, -0.2) is 23.4 Å². The molecule has 1 aliphatic rings. The van der Waals surface area contributed by atoms with Crippen LogP contribution >= 0.6 is 0 Å². The van der Waals surface area contributed by atoms with Gasteiger partial charge in [-0.1, -0.05) is 6.92 Å². The number of pyridine rings is 1. The number of nitrogens with zero attached hydrogens (tertiary/aromatic N) is 5. The molecular weight excluding hydrogens is 444 g/mol. The van der Waals surface area contributed by atoms with Gasteiger partial charge in [0.05, 0.1) is 34.5 Å². The zero-order chi connectivity index (χ0) is 23.6. The molecule has 4 rings (SSSR count). The molecule has 3 N–H and O–H groups in total. The molecule has 33 heavy (non-hydrogen) atoms. The maximum absolute atomic E-state index is 12.4. The fraction of sp³-hybridized carbons (Fsp3) is 0.381. The van der Waals surface area contributed by atoms with Crippen LogP contribution in [0, 0.1) is 0 Å². The predicted octanol–water partition coefficient (Wildman–Crippen LogP) is 2.39. The second-order valence-electron chi connectivity index (χ2n) is 7.88. The van der Waals surface area contributed by atoms with Gasteiger partial charge in [-0.15, -0.1) is 0 Å². The first kappa shape index (κ1) is 22.6. The minimum absolute atomic E-state index is 0.165. The van der Waals surface area contributed by atoms with Crippen molar-refractivity contribution in [3.63, 3.8) is 0 Å². The Morgan fingerprint density at radius 3 is 2.73 bits per heavy atom. The number of amides is 1. The van der Waals surface area contributed by atoms with Crippen LogP contribution in [0.25, 0.3) is 11.4 Å². The van der Waals surface area contributed by atoms with Gasteiger partial charge in [0.1, 0.15) is 11.6 Å². The van der Waals surface area contributed by atoms with Crippen LogP contribution in [0.5, 0.6) is 0 Å². The van der Waals surface area contributed by atoms with Crippen LogP contribution < -0.4 is 16.0 Å². The standard InChI is InChI=1S/C21H26N8O3S/c1-4-13(2)26-17-9-19(24-11-16(17)21(30)22-3)27-18-7-8-23-20(28-18)14-10-25-29(12-14)33(31,32)15-5-6-15/h7-13,15H,4-6H2,1-3H3,(H,22,30)(H2,23,24,26,27,28)/t13-/m0/s1. The lowest BCUT2D eigenvalue weighted by atomic mass is 10.1. The Labute approximate surface area is 192 Å². The van der Waals surface area contributed by atoms with Gasteiger partial charge in [0, 0.05) is 31.5 Å². The average Bonchev–Trinajstić information content (AvgIpc) is 3.56. The fourth-order valence-corrected chi connectivity index (χ4v) is 4.58. The van der Waals surface area contributed by atoms with Crippen LogP contribution in [-0.4, -0.2) is 56.8 Å². The third kappa shape index (κ3) is 4.95. The van der Waals surface area contributed by atoms with Crippen molar-refractivity contribution in [1.82, 2.24) is 29.5 Å². The number of carbonyl (C=O) groups is 1. The van der Waals surface area contributed by atoms with E-state index in [1.54, 1.807) is 25.4 Å². The normalized spacial score (nSPS) is 14.5. The van der Waals surface area contributed by atoms with Gasteiger partial charge >= 0.3 is 0 Å². The number of anilines is 3. The highest BCUT2D eigenvalue weighted by Crippen LogP contribution is 2.30. The molecule has 0 aromatic carbocycles. The molecule has 3 aromatic heterocycles. The van der Waals surface area contributed by atoms with Gasteiger partial charge < -0.3 is 16.0 Å². The van der Waals surface area contributed by atoms with Gasteiger partial charge in [0.2, 0.25) is 0 Å². The molecule has 1 atom stereocenters. The maximum Gasteiger partial charge on any atom is 0.256 e. The van der Waals surface area contributed by atoms with E-state index in [-0.39, 0.29) is 17.2 Å². The molecule has 12 heteroatoms. The van der Waals surface area contributed by atoms with Crippen molar-refractivity contribution in [3.05, 3.63) is 42.5 Å². The van der Waals surface area contributed by atoms with E-state index in [9.17, 15) is 13.2 Å². The molecule has 0 saturated heterocycles. The van der Waals surface area contributed by atoms with Crippen LogP contribution in [-0.2, 0) is 10.0 Å². The second-order valence-corrected chi connectivity index (χ2v) is 9.95. The highest BCUT2D eigenvalue weighted by Gasteiger charge is 2.37. The Balaban J connectivity index is 1.58. The first-order valence-corrected chi connectivity index (χ1v) is 12.2. The molecule has 0 unspecified atom stereocenters. The fourth-order valence-electron chi connectivity index (χ4n) is 3.10. The first-order chi connectivity index (χ1) is 15.8. The lowest BCUT2D eigenvalue weighted by Gasteiger charge is -2.17. The molecule has 0 bridgehead atoms. The average molecular weight is 471 g/mol. The zero-order valence-corrected chi connectivity index (χ0v) is 19.4. The molecule has 1 amide bonds. The Bertz CT molecular complexity index is 1270. The van der Waals surface area contributed by atoms with Crippen LogP contribution in [0.2, 0.25) is 0 Å². The van der Waals surface area contributed by atoms with E-state index in [1.807, 2.05) is 6.92 Å². The Hall–Kier alpha value is -3.54. The van der Waals surface area contributed by atoms with Crippen molar-refractivity contribution in [3.8, 4) is 11.4 Å². The number of aromatic nitrogens is 5. The minimum Gasteiger partial charge on any atom is -0.382 e. The second kappa shape index (κ2) is 9.14. The van der Waals surface area contributed by atoms with E-state index in [0.29, 0.717) is 47.1 Å². The van der Waals surface area contributed by atoms with Gasteiger partial charge in [0.15, 0.2) is 5.82 Å². The van der Waals surface area contributed by atoms with E-state index in [1.165, 1.54) is 18.6 Å². The van der Waals surface area contributed by atoms with E-state index in [4.69, 9.17) is 0 Å². The first-order valence-electron chi connectivity index (χ1n) is 10.7. The third-order valence-electron chi connectivity index (χ3n) is 5.33. The summed E-state index contributed by atoms with van der Waals surface area (Å²) >= 11 is 0. The highest BCUT2D eigenvalue weighted by molar-refractivity contribution is 7.90. The van der Waals surface area contributed by atoms with Gasteiger partial charge in [-0.05, 0) is 32.3 Å². The number of hydrogen-bond donors (Lipinski definition) is 3. The van der Waals surface area contributed by atoms with Crippen LogP contribution in [0.15, 0.2) is 36.9 Å². The van der Waals surface area contributed by atoms with Crippen molar-refractivity contribution in [2.24, 2.45) is 0 Å².